The minimum absolute atomic E-state index is 0.693. The van der Waals surface area contributed by atoms with Gasteiger partial charge in [0.2, 0.25) is 0 Å². The van der Waals surface area contributed by atoms with Gasteiger partial charge < -0.3 is 0 Å². The number of halogens is 8. The molecule has 0 aliphatic heterocycles. The maximum absolute atomic E-state index is 12.6. The molecule has 0 atom stereocenters. The van der Waals surface area contributed by atoms with Crippen molar-refractivity contribution >= 4 is 0 Å². The molecule has 0 nitrogen and oxygen atoms in total. The van der Waals surface area contributed by atoms with Crippen LogP contribution in [0.2, 0.25) is 0 Å². The van der Waals surface area contributed by atoms with E-state index in [2.05, 4.69) is 6.58 Å². The van der Waals surface area contributed by atoms with E-state index in [1.54, 1.807) is 0 Å². The van der Waals surface area contributed by atoms with Crippen molar-refractivity contribution in [2.75, 3.05) is 0 Å². The zero-order valence-electron chi connectivity index (χ0n) is 7.80. The third kappa shape index (κ3) is 2.46. The first-order chi connectivity index (χ1) is 7.00. The molecule has 8 heteroatoms. The molecular weight excluding hydrogens is 248 g/mol. The Bertz CT molecular complexity index is 244. The van der Waals surface area contributed by atoms with Gasteiger partial charge in [0, 0.05) is 6.42 Å². The Morgan fingerprint density at radius 1 is 1.00 bits per heavy atom. The van der Waals surface area contributed by atoms with Gasteiger partial charge in [-0.25, -0.2) is 8.78 Å². The van der Waals surface area contributed by atoms with E-state index in [1.807, 2.05) is 0 Å². The molecule has 0 aromatic rings. The lowest BCUT2D eigenvalue weighted by Gasteiger charge is -2.32. The third-order valence-corrected chi connectivity index (χ3v) is 1.81. The van der Waals surface area contributed by atoms with Gasteiger partial charge >= 0.3 is 24.2 Å². The van der Waals surface area contributed by atoms with Crippen LogP contribution in [0.5, 0.6) is 0 Å². The number of alkyl halides is 8. The standard InChI is InChI=1S/C8H8F8/c1-2-3-4-6(11,12)8(15,16)7(13,14)5(9)10/h2,5H,1,3-4H2. The van der Waals surface area contributed by atoms with Gasteiger partial charge in [0.15, 0.2) is 0 Å². The summed E-state index contributed by atoms with van der Waals surface area (Å²) in [6.45, 7) is 2.93. The summed E-state index contributed by atoms with van der Waals surface area (Å²) in [5, 5.41) is 0. The molecule has 0 heterocycles. The van der Waals surface area contributed by atoms with Crippen molar-refractivity contribution < 1.29 is 35.1 Å². The Morgan fingerprint density at radius 2 is 1.44 bits per heavy atom. The van der Waals surface area contributed by atoms with Crippen molar-refractivity contribution in [1.82, 2.24) is 0 Å². The first-order valence-corrected chi connectivity index (χ1v) is 4.03. The summed E-state index contributed by atoms with van der Waals surface area (Å²) in [6.07, 6.45) is -6.43. The van der Waals surface area contributed by atoms with Gasteiger partial charge in [0.1, 0.15) is 0 Å². The van der Waals surface area contributed by atoms with Crippen LogP contribution in [0.4, 0.5) is 35.1 Å². The largest absolute Gasteiger partial charge is 0.377 e. The van der Waals surface area contributed by atoms with E-state index in [1.165, 1.54) is 0 Å². The Hall–Kier alpha value is -0.820. The molecule has 0 aliphatic carbocycles. The van der Waals surface area contributed by atoms with Crippen molar-refractivity contribution in [3.05, 3.63) is 12.7 Å². The molecule has 0 unspecified atom stereocenters. The molecule has 0 aromatic heterocycles. The maximum Gasteiger partial charge on any atom is 0.377 e. The summed E-state index contributed by atoms with van der Waals surface area (Å²) in [5.74, 6) is -17.4. The lowest BCUT2D eigenvalue weighted by atomic mass is 10.0. The normalized spacial score (nSPS) is 14.3. The van der Waals surface area contributed by atoms with Gasteiger partial charge in [-0.3, -0.25) is 0 Å². The molecule has 0 saturated carbocycles. The number of allylic oxidation sites excluding steroid dienone is 1. The molecular formula is C8H8F8. The summed E-state index contributed by atoms with van der Waals surface area (Å²) in [4.78, 5) is 0. The fourth-order valence-corrected chi connectivity index (χ4v) is 0.821. The molecule has 0 amide bonds. The molecule has 96 valence electrons. The topological polar surface area (TPSA) is 0 Å². The lowest BCUT2D eigenvalue weighted by molar-refractivity contribution is -0.339. The van der Waals surface area contributed by atoms with Crippen LogP contribution in [-0.4, -0.2) is 24.2 Å². The van der Waals surface area contributed by atoms with Crippen molar-refractivity contribution in [2.24, 2.45) is 0 Å². The van der Waals surface area contributed by atoms with Crippen molar-refractivity contribution in [3.63, 3.8) is 0 Å². The third-order valence-electron chi connectivity index (χ3n) is 1.81. The zero-order chi connectivity index (χ0) is 13.2. The quantitative estimate of drug-likeness (QED) is 0.495. The van der Waals surface area contributed by atoms with Crippen LogP contribution in [0, 0.1) is 0 Å². The van der Waals surface area contributed by atoms with Crippen molar-refractivity contribution in [1.29, 1.82) is 0 Å². The van der Waals surface area contributed by atoms with Gasteiger partial charge in [-0.05, 0) is 6.42 Å². The second kappa shape index (κ2) is 4.58. The van der Waals surface area contributed by atoms with Crippen LogP contribution in [0.3, 0.4) is 0 Å². The van der Waals surface area contributed by atoms with Crippen LogP contribution in [0.15, 0.2) is 12.7 Å². The first kappa shape index (κ1) is 15.2. The smallest absolute Gasteiger partial charge is 0.203 e. The predicted molar refractivity (Wildman–Crippen MR) is 40.3 cm³/mol. The van der Waals surface area contributed by atoms with Crippen LogP contribution in [-0.2, 0) is 0 Å². The summed E-state index contributed by atoms with van der Waals surface area (Å²) in [6, 6.07) is 0. The Morgan fingerprint density at radius 3 is 1.75 bits per heavy atom. The van der Waals surface area contributed by atoms with E-state index < -0.39 is 37.0 Å². The summed E-state index contributed by atoms with van der Waals surface area (Å²) in [5.41, 5.74) is 0. The van der Waals surface area contributed by atoms with E-state index in [9.17, 15) is 35.1 Å². The van der Waals surface area contributed by atoms with E-state index in [-0.39, 0.29) is 0 Å². The molecule has 0 saturated heterocycles. The van der Waals surface area contributed by atoms with Crippen LogP contribution in [0.1, 0.15) is 12.8 Å². The SMILES string of the molecule is C=CCCC(F)(F)C(F)(F)C(F)(F)C(F)F. The first-order valence-electron chi connectivity index (χ1n) is 4.03. The Kier molecular flexibility index (Phi) is 4.35. The molecule has 0 rings (SSSR count). The molecule has 0 fully saturated rings. The second-order valence-electron chi connectivity index (χ2n) is 3.03. The molecule has 0 aliphatic rings. The molecule has 16 heavy (non-hydrogen) atoms. The Labute approximate surface area is 85.9 Å². The van der Waals surface area contributed by atoms with Crippen molar-refractivity contribution in [2.45, 2.75) is 37.0 Å². The van der Waals surface area contributed by atoms with E-state index in [0.717, 1.165) is 6.08 Å². The zero-order valence-corrected chi connectivity index (χ0v) is 7.80. The molecule has 0 aromatic carbocycles. The monoisotopic (exact) mass is 256 g/mol. The molecule has 0 N–H and O–H groups in total. The summed E-state index contributed by atoms with van der Waals surface area (Å²) >= 11 is 0. The average molecular weight is 256 g/mol. The van der Waals surface area contributed by atoms with Gasteiger partial charge in [-0.1, -0.05) is 6.08 Å². The second-order valence-corrected chi connectivity index (χ2v) is 3.03. The number of hydrogen-bond acceptors (Lipinski definition) is 0. The molecule has 0 spiro atoms. The number of hydrogen-bond donors (Lipinski definition) is 0. The lowest BCUT2D eigenvalue weighted by Crippen LogP contribution is -2.57. The Balaban J connectivity index is 5.08. The van der Waals surface area contributed by atoms with Crippen molar-refractivity contribution in [3.8, 4) is 0 Å². The average Bonchev–Trinajstić information content (AvgIpc) is 2.13. The fourth-order valence-electron chi connectivity index (χ4n) is 0.821. The minimum Gasteiger partial charge on any atom is -0.203 e. The fraction of sp³-hybridized carbons (Fsp3) is 0.750. The molecule has 0 radical (unpaired) electrons. The van der Waals surface area contributed by atoms with E-state index in [4.69, 9.17) is 0 Å². The van der Waals surface area contributed by atoms with Gasteiger partial charge in [0.25, 0.3) is 0 Å². The summed E-state index contributed by atoms with van der Waals surface area (Å²) < 4.78 is 98.0. The van der Waals surface area contributed by atoms with Gasteiger partial charge in [0.05, 0.1) is 0 Å². The van der Waals surface area contributed by atoms with Crippen LogP contribution in [0.25, 0.3) is 0 Å². The highest BCUT2D eigenvalue weighted by Gasteiger charge is 2.74. The van der Waals surface area contributed by atoms with E-state index in [0.29, 0.717) is 0 Å². The molecule has 0 bridgehead atoms. The maximum atomic E-state index is 12.6. The van der Waals surface area contributed by atoms with Crippen LogP contribution < -0.4 is 0 Å². The van der Waals surface area contributed by atoms with Gasteiger partial charge in [-0.2, -0.15) is 26.3 Å². The minimum atomic E-state index is -6.10. The predicted octanol–water partition coefficient (Wildman–Crippen LogP) is 4.12. The summed E-state index contributed by atoms with van der Waals surface area (Å²) in [7, 11) is 0. The number of rotatable bonds is 6. The highest BCUT2D eigenvalue weighted by Crippen LogP contribution is 2.50. The highest BCUT2D eigenvalue weighted by atomic mass is 19.4. The van der Waals surface area contributed by atoms with Gasteiger partial charge in [-0.15, -0.1) is 6.58 Å². The van der Waals surface area contributed by atoms with Crippen LogP contribution >= 0.6 is 0 Å². The highest BCUT2D eigenvalue weighted by molar-refractivity contribution is 4.98. The van der Waals surface area contributed by atoms with E-state index >= 15 is 0 Å².